The highest BCUT2D eigenvalue weighted by Gasteiger charge is 2.10. The summed E-state index contributed by atoms with van der Waals surface area (Å²) in [6.45, 7) is 4.10. The molecule has 0 spiro atoms. The molecule has 0 radical (unpaired) electrons. The second-order valence-electron chi connectivity index (χ2n) is 3.80. The summed E-state index contributed by atoms with van der Waals surface area (Å²) in [6, 6.07) is 2.01. The highest BCUT2D eigenvalue weighted by atomic mass is 15.4. The Kier molecular flexibility index (Phi) is 2.85. The fourth-order valence-electron chi connectivity index (χ4n) is 1.65. The summed E-state index contributed by atoms with van der Waals surface area (Å²) in [4.78, 5) is 4.14. The predicted octanol–water partition coefficient (Wildman–Crippen LogP) is 1.51. The Morgan fingerprint density at radius 1 is 1.38 bits per heavy atom. The van der Waals surface area contributed by atoms with Crippen molar-refractivity contribution in [2.24, 2.45) is 0 Å². The van der Waals surface area contributed by atoms with Crippen LogP contribution in [-0.4, -0.2) is 20.0 Å². The lowest BCUT2D eigenvalue weighted by Crippen LogP contribution is -2.04. The molecule has 2 rings (SSSR count). The second kappa shape index (κ2) is 4.30. The van der Waals surface area contributed by atoms with Crippen molar-refractivity contribution in [1.82, 2.24) is 20.0 Å². The number of nitrogen functional groups attached to an aromatic ring is 1. The molecule has 0 bridgehead atoms. The standard InChI is InChI=1S/C11H15N5/c1-3-4-10-11(12)14-15-16(10)9-5-8(2)6-13-7-9/h5-7H,3-4,12H2,1-2H3. The minimum absolute atomic E-state index is 0.503. The van der Waals surface area contributed by atoms with Crippen molar-refractivity contribution >= 4 is 5.82 Å². The average molecular weight is 217 g/mol. The Balaban J connectivity index is 2.47. The predicted molar refractivity (Wildman–Crippen MR) is 62.3 cm³/mol. The molecule has 5 heteroatoms. The summed E-state index contributed by atoms with van der Waals surface area (Å²) >= 11 is 0. The van der Waals surface area contributed by atoms with Crippen molar-refractivity contribution < 1.29 is 0 Å². The molecule has 0 saturated heterocycles. The van der Waals surface area contributed by atoms with Gasteiger partial charge in [0.2, 0.25) is 0 Å². The van der Waals surface area contributed by atoms with Crippen molar-refractivity contribution in [2.75, 3.05) is 5.73 Å². The van der Waals surface area contributed by atoms with Crippen molar-refractivity contribution in [1.29, 1.82) is 0 Å². The lowest BCUT2D eigenvalue weighted by Gasteiger charge is -2.05. The number of hydrogen-bond acceptors (Lipinski definition) is 4. The topological polar surface area (TPSA) is 69.6 Å². The van der Waals surface area contributed by atoms with Crippen LogP contribution in [0.5, 0.6) is 0 Å². The van der Waals surface area contributed by atoms with Crippen LogP contribution in [0.1, 0.15) is 24.6 Å². The Labute approximate surface area is 94.3 Å². The summed E-state index contributed by atoms with van der Waals surface area (Å²) in [5, 5.41) is 7.95. The highest BCUT2D eigenvalue weighted by Crippen LogP contribution is 2.15. The molecule has 2 heterocycles. The lowest BCUT2D eigenvalue weighted by atomic mass is 10.2. The van der Waals surface area contributed by atoms with Gasteiger partial charge in [-0.3, -0.25) is 4.98 Å². The highest BCUT2D eigenvalue weighted by molar-refractivity contribution is 5.40. The molecule has 2 aromatic heterocycles. The third-order valence-electron chi connectivity index (χ3n) is 2.39. The molecule has 0 aliphatic rings. The van der Waals surface area contributed by atoms with Crippen LogP contribution in [0.4, 0.5) is 5.82 Å². The summed E-state index contributed by atoms with van der Waals surface area (Å²) in [5.74, 6) is 0.503. The minimum atomic E-state index is 0.503. The van der Waals surface area contributed by atoms with Crippen molar-refractivity contribution in [3.05, 3.63) is 29.7 Å². The second-order valence-corrected chi connectivity index (χ2v) is 3.80. The number of hydrogen-bond donors (Lipinski definition) is 1. The zero-order valence-electron chi connectivity index (χ0n) is 9.51. The number of nitrogens with two attached hydrogens (primary N) is 1. The van der Waals surface area contributed by atoms with Gasteiger partial charge in [-0.2, -0.15) is 0 Å². The SMILES string of the molecule is CCCc1c(N)nnn1-c1cncc(C)c1. The van der Waals surface area contributed by atoms with Gasteiger partial charge in [-0.1, -0.05) is 18.6 Å². The summed E-state index contributed by atoms with van der Waals surface area (Å²) in [7, 11) is 0. The van der Waals surface area contributed by atoms with Gasteiger partial charge in [0.1, 0.15) is 0 Å². The Bertz CT molecular complexity index is 489. The van der Waals surface area contributed by atoms with E-state index in [1.54, 1.807) is 10.9 Å². The molecule has 5 nitrogen and oxygen atoms in total. The van der Waals surface area contributed by atoms with E-state index in [9.17, 15) is 0 Å². The van der Waals surface area contributed by atoms with Gasteiger partial charge in [0.05, 0.1) is 17.6 Å². The fourth-order valence-corrected chi connectivity index (χ4v) is 1.65. The molecule has 0 fully saturated rings. The molecular weight excluding hydrogens is 202 g/mol. The molecule has 0 aliphatic carbocycles. The molecule has 84 valence electrons. The lowest BCUT2D eigenvalue weighted by molar-refractivity contribution is 0.742. The Morgan fingerprint density at radius 3 is 2.88 bits per heavy atom. The van der Waals surface area contributed by atoms with Crippen LogP contribution < -0.4 is 5.73 Å². The quantitative estimate of drug-likeness (QED) is 0.846. The van der Waals surface area contributed by atoms with Crippen LogP contribution in [0.25, 0.3) is 5.69 Å². The first-order valence-electron chi connectivity index (χ1n) is 5.34. The summed E-state index contributed by atoms with van der Waals surface area (Å²) in [6.07, 6.45) is 5.45. The number of aromatic nitrogens is 4. The van der Waals surface area contributed by atoms with Crippen LogP contribution in [-0.2, 0) is 6.42 Å². The minimum Gasteiger partial charge on any atom is -0.381 e. The van der Waals surface area contributed by atoms with Gasteiger partial charge < -0.3 is 5.73 Å². The third-order valence-corrected chi connectivity index (χ3v) is 2.39. The van der Waals surface area contributed by atoms with Gasteiger partial charge in [0, 0.05) is 6.20 Å². The van der Waals surface area contributed by atoms with E-state index in [-0.39, 0.29) is 0 Å². The van der Waals surface area contributed by atoms with Gasteiger partial charge in [0.15, 0.2) is 5.82 Å². The Hall–Kier alpha value is -1.91. The van der Waals surface area contributed by atoms with Crippen molar-refractivity contribution in [3.8, 4) is 5.69 Å². The monoisotopic (exact) mass is 217 g/mol. The largest absolute Gasteiger partial charge is 0.381 e. The first kappa shape index (κ1) is 10.6. The Morgan fingerprint density at radius 2 is 2.19 bits per heavy atom. The van der Waals surface area contributed by atoms with E-state index < -0.39 is 0 Å². The normalized spacial score (nSPS) is 10.6. The third kappa shape index (κ3) is 1.88. The summed E-state index contributed by atoms with van der Waals surface area (Å²) in [5.41, 5.74) is 8.74. The number of rotatable bonds is 3. The van der Waals surface area contributed by atoms with Crippen LogP contribution >= 0.6 is 0 Å². The maximum atomic E-state index is 5.79. The summed E-state index contributed by atoms with van der Waals surface area (Å²) < 4.78 is 1.76. The molecule has 16 heavy (non-hydrogen) atoms. The van der Waals surface area contributed by atoms with Gasteiger partial charge in [-0.05, 0) is 25.0 Å². The molecule has 0 aliphatic heterocycles. The van der Waals surface area contributed by atoms with Crippen molar-refractivity contribution in [2.45, 2.75) is 26.7 Å². The molecule has 2 aromatic rings. The number of aryl methyl sites for hydroxylation is 1. The number of pyridine rings is 1. The van der Waals surface area contributed by atoms with E-state index in [1.807, 2.05) is 19.2 Å². The van der Waals surface area contributed by atoms with E-state index in [4.69, 9.17) is 5.73 Å². The molecule has 0 amide bonds. The molecular formula is C11H15N5. The van der Waals surface area contributed by atoms with E-state index in [2.05, 4.69) is 22.2 Å². The first-order chi connectivity index (χ1) is 7.72. The smallest absolute Gasteiger partial charge is 0.169 e. The first-order valence-corrected chi connectivity index (χ1v) is 5.34. The molecule has 0 atom stereocenters. The zero-order valence-corrected chi connectivity index (χ0v) is 9.51. The molecule has 2 N–H and O–H groups in total. The molecule has 0 saturated carbocycles. The van der Waals surface area contributed by atoms with Crippen molar-refractivity contribution in [3.63, 3.8) is 0 Å². The number of nitrogens with zero attached hydrogens (tertiary/aromatic N) is 4. The van der Waals surface area contributed by atoms with E-state index in [1.165, 1.54) is 0 Å². The zero-order chi connectivity index (χ0) is 11.5. The van der Waals surface area contributed by atoms with Gasteiger partial charge in [-0.25, -0.2) is 4.68 Å². The maximum Gasteiger partial charge on any atom is 0.169 e. The van der Waals surface area contributed by atoms with Gasteiger partial charge >= 0.3 is 0 Å². The van der Waals surface area contributed by atoms with Crippen LogP contribution in [0, 0.1) is 6.92 Å². The van der Waals surface area contributed by atoms with Crippen LogP contribution in [0.3, 0.4) is 0 Å². The fraction of sp³-hybridized carbons (Fsp3) is 0.364. The van der Waals surface area contributed by atoms with Gasteiger partial charge in [0.25, 0.3) is 0 Å². The molecule has 0 aromatic carbocycles. The van der Waals surface area contributed by atoms with E-state index in [0.29, 0.717) is 5.82 Å². The maximum absolute atomic E-state index is 5.79. The van der Waals surface area contributed by atoms with Crippen LogP contribution in [0.2, 0.25) is 0 Å². The number of anilines is 1. The van der Waals surface area contributed by atoms with E-state index >= 15 is 0 Å². The average Bonchev–Trinajstić information content (AvgIpc) is 2.61. The van der Waals surface area contributed by atoms with Gasteiger partial charge in [-0.15, -0.1) is 5.10 Å². The molecule has 0 unspecified atom stereocenters. The van der Waals surface area contributed by atoms with E-state index in [0.717, 1.165) is 29.8 Å². The van der Waals surface area contributed by atoms with Crippen LogP contribution in [0.15, 0.2) is 18.5 Å².